The van der Waals surface area contributed by atoms with E-state index in [0.717, 1.165) is 0 Å². The maximum absolute atomic E-state index is 13.9. The Morgan fingerprint density at radius 1 is 1.19 bits per heavy atom. The lowest BCUT2D eigenvalue weighted by Gasteiger charge is -2.34. The third-order valence-corrected chi connectivity index (χ3v) is 5.48. The number of piperazine rings is 1. The molecule has 10 heteroatoms. The van der Waals surface area contributed by atoms with Crippen molar-refractivity contribution in [2.24, 2.45) is 0 Å². The van der Waals surface area contributed by atoms with Gasteiger partial charge in [-0.2, -0.15) is 0 Å². The molecule has 0 radical (unpaired) electrons. The smallest absolute Gasteiger partial charge is 0.274 e. The second kappa shape index (κ2) is 9.84. The van der Waals surface area contributed by atoms with Crippen molar-refractivity contribution < 1.29 is 18.9 Å². The number of nitrogens with zero attached hydrogens (tertiary/aromatic N) is 3. The van der Waals surface area contributed by atoms with Crippen LogP contribution in [0.4, 0.5) is 15.8 Å². The highest BCUT2D eigenvalue weighted by molar-refractivity contribution is 6.31. The molecule has 0 spiro atoms. The maximum atomic E-state index is 13.9. The van der Waals surface area contributed by atoms with E-state index in [2.05, 4.69) is 5.32 Å². The van der Waals surface area contributed by atoms with Gasteiger partial charge in [0.15, 0.2) is 0 Å². The summed E-state index contributed by atoms with van der Waals surface area (Å²) in [5.74, 6) is -1.26. The molecule has 0 aromatic heterocycles. The van der Waals surface area contributed by atoms with Crippen molar-refractivity contribution >= 4 is 34.8 Å². The summed E-state index contributed by atoms with van der Waals surface area (Å²) in [6.07, 6.45) is 0.207. The number of hydrogen-bond donors (Lipinski definition) is 1. The fourth-order valence-electron chi connectivity index (χ4n) is 3.44. The molecule has 0 saturated carbocycles. The lowest BCUT2D eigenvalue weighted by atomic mass is 10.1. The van der Waals surface area contributed by atoms with Gasteiger partial charge in [-0.1, -0.05) is 17.7 Å². The van der Waals surface area contributed by atoms with E-state index in [4.69, 9.17) is 11.6 Å². The van der Waals surface area contributed by atoms with Crippen molar-refractivity contribution in [1.82, 2.24) is 9.80 Å². The third kappa shape index (κ3) is 5.56. The first-order valence-corrected chi connectivity index (χ1v) is 10.1. The van der Waals surface area contributed by atoms with Crippen LogP contribution < -0.4 is 5.32 Å². The second-order valence-corrected chi connectivity index (χ2v) is 7.70. The monoisotopic (exact) mass is 448 g/mol. The molecule has 8 nitrogen and oxygen atoms in total. The average Bonchev–Trinajstić information content (AvgIpc) is 2.75. The summed E-state index contributed by atoms with van der Waals surface area (Å²) in [6.45, 7) is 4.00. The van der Waals surface area contributed by atoms with Crippen LogP contribution in [-0.2, 0) is 4.79 Å². The molecule has 0 bridgehead atoms. The first-order chi connectivity index (χ1) is 14.8. The number of halogens is 2. The van der Waals surface area contributed by atoms with Gasteiger partial charge in [0, 0.05) is 50.2 Å². The predicted octanol–water partition coefficient (Wildman–Crippen LogP) is 3.48. The van der Waals surface area contributed by atoms with Crippen LogP contribution in [0.2, 0.25) is 5.02 Å². The summed E-state index contributed by atoms with van der Waals surface area (Å²) in [5.41, 5.74) is 0.724. The number of amides is 2. The Hall–Kier alpha value is -3.04. The Morgan fingerprint density at radius 3 is 2.58 bits per heavy atom. The number of nitrogens with one attached hydrogen (secondary N) is 1. The van der Waals surface area contributed by atoms with Gasteiger partial charge in [0.1, 0.15) is 5.82 Å². The molecule has 2 aromatic rings. The zero-order valence-electron chi connectivity index (χ0n) is 16.9. The van der Waals surface area contributed by atoms with Crippen molar-refractivity contribution in [1.29, 1.82) is 0 Å². The van der Waals surface area contributed by atoms with Gasteiger partial charge in [-0.05, 0) is 31.2 Å². The Morgan fingerprint density at radius 2 is 1.90 bits per heavy atom. The van der Waals surface area contributed by atoms with Gasteiger partial charge in [0.2, 0.25) is 5.91 Å². The van der Waals surface area contributed by atoms with E-state index in [1.54, 1.807) is 17.9 Å². The summed E-state index contributed by atoms with van der Waals surface area (Å²) < 4.78 is 13.9. The van der Waals surface area contributed by atoms with Gasteiger partial charge in [-0.3, -0.25) is 24.6 Å². The van der Waals surface area contributed by atoms with Crippen LogP contribution in [0.3, 0.4) is 0 Å². The molecule has 2 amide bonds. The minimum Gasteiger partial charge on any atom is -0.336 e. The summed E-state index contributed by atoms with van der Waals surface area (Å²) in [5, 5.41) is 14.0. The van der Waals surface area contributed by atoms with Crippen LogP contribution in [0.1, 0.15) is 22.3 Å². The quantitative estimate of drug-likeness (QED) is 0.539. The summed E-state index contributed by atoms with van der Waals surface area (Å²) in [4.78, 5) is 39.0. The van der Waals surface area contributed by atoms with E-state index in [0.29, 0.717) is 49.0 Å². The number of anilines is 1. The van der Waals surface area contributed by atoms with Gasteiger partial charge in [-0.25, -0.2) is 4.39 Å². The normalized spacial score (nSPS) is 14.4. The Balaban J connectivity index is 1.49. The molecule has 2 aromatic carbocycles. The Labute approximate surface area is 183 Å². The molecule has 0 aliphatic carbocycles. The number of hydrogen-bond acceptors (Lipinski definition) is 5. The molecule has 164 valence electrons. The number of carbonyl (C=O) groups is 2. The van der Waals surface area contributed by atoms with E-state index in [9.17, 15) is 24.1 Å². The molecule has 1 heterocycles. The predicted molar refractivity (Wildman–Crippen MR) is 115 cm³/mol. The zero-order chi connectivity index (χ0) is 22.5. The highest BCUT2D eigenvalue weighted by atomic mass is 35.5. The van der Waals surface area contributed by atoms with E-state index >= 15 is 0 Å². The van der Waals surface area contributed by atoms with Crippen LogP contribution >= 0.6 is 11.6 Å². The number of benzene rings is 2. The Bertz CT molecular complexity index is 1010. The standard InChI is InChI=1S/C21H22ClFN4O4/c1-14-18(3-2-4-19(14)27(30)31)24-20(28)7-8-25-9-11-26(12-10-25)21(29)16-13-15(22)5-6-17(16)23/h2-6,13H,7-12H2,1H3,(H,24,28). The molecule has 0 unspecified atom stereocenters. The molecule has 1 saturated heterocycles. The van der Waals surface area contributed by atoms with E-state index in [1.807, 2.05) is 4.90 Å². The van der Waals surface area contributed by atoms with Crippen molar-refractivity contribution in [3.05, 3.63) is 68.5 Å². The molecule has 1 N–H and O–H groups in total. The van der Waals surface area contributed by atoms with Crippen LogP contribution in [0.5, 0.6) is 0 Å². The van der Waals surface area contributed by atoms with Crippen molar-refractivity contribution in [2.75, 3.05) is 38.0 Å². The first-order valence-electron chi connectivity index (χ1n) is 9.77. The van der Waals surface area contributed by atoms with E-state index < -0.39 is 16.6 Å². The van der Waals surface area contributed by atoms with Gasteiger partial charge in [0.25, 0.3) is 11.6 Å². The minimum absolute atomic E-state index is 0.0465. The van der Waals surface area contributed by atoms with Crippen molar-refractivity contribution in [3.8, 4) is 0 Å². The summed E-state index contributed by atoms with van der Waals surface area (Å²) >= 11 is 5.87. The topological polar surface area (TPSA) is 95.8 Å². The van der Waals surface area contributed by atoms with E-state index in [1.165, 1.54) is 30.3 Å². The van der Waals surface area contributed by atoms with Crippen LogP contribution in [0.25, 0.3) is 0 Å². The molecule has 31 heavy (non-hydrogen) atoms. The lowest BCUT2D eigenvalue weighted by Crippen LogP contribution is -2.49. The summed E-state index contributed by atoms with van der Waals surface area (Å²) in [7, 11) is 0. The molecule has 1 fully saturated rings. The molecule has 1 aliphatic heterocycles. The first kappa shape index (κ1) is 22.6. The van der Waals surface area contributed by atoms with Gasteiger partial charge in [0.05, 0.1) is 21.7 Å². The SMILES string of the molecule is Cc1c(NC(=O)CCN2CCN(C(=O)c3cc(Cl)ccc3F)CC2)cccc1[N+](=O)[O-]. The average molecular weight is 449 g/mol. The summed E-state index contributed by atoms with van der Waals surface area (Å²) in [6, 6.07) is 8.44. The van der Waals surface area contributed by atoms with Crippen LogP contribution in [0, 0.1) is 22.9 Å². The highest BCUT2D eigenvalue weighted by Gasteiger charge is 2.24. The molecule has 3 rings (SSSR count). The number of rotatable bonds is 6. The van der Waals surface area contributed by atoms with Gasteiger partial charge in [-0.15, -0.1) is 0 Å². The number of carbonyl (C=O) groups excluding carboxylic acids is 2. The van der Waals surface area contributed by atoms with E-state index in [-0.39, 0.29) is 23.6 Å². The zero-order valence-corrected chi connectivity index (χ0v) is 17.7. The molecule has 1 aliphatic rings. The lowest BCUT2D eigenvalue weighted by molar-refractivity contribution is -0.385. The fraction of sp³-hybridized carbons (Fsp3) is 0.333. The van der Waals surface area contributed by atoms with Gasteiger partial charge >= 0.3 is 0 Å². The highest BCUT2D eigenvalue weighted by Crippen LogP contribution is 2.25. The molecular formula is C21H22ClFN4O4. The molecule has 0 atom stereocenters. The molecular weight excluding hydrogens is 427 g/mol. The third-order valence-electron chi connectivity index (χ3n) is 5.25. The number of nitro benzene ring substituents is 1. The van der Waals surface area contributed by atoms with Crippen molar-refractivity contribution in [3.63, 3.8) is 0 Å². The maximum Gasteiger partial charge on any atom is 0.274 e. The largest absolute Gasteiger partial charge is 0.336 e. The second-order valence-electron chi connectivity index (χ2n) is 7.26. The van der Waals surface area contributed by atoms with Crippen molar-refractivity contribution in [2.45, 2.75) is 13.3 Å². The van der Waals surface area contributed by atoms with Crippen LogP contribution in [0.15, 0.2) is 36.4 Å². The minimum atomic E-state index is -0.607. The Kier molecular flexibility index (Phi) is 7.19. The van der Waals surface area contributed by atoms with Crippen LogP contribution in [-0.4, -0.2) is 59.3 Å². The number of nitro groups is 1. The fourth-order valence-corrected chi connectivity index (χ4v) is 3.61. The van der Waals surface area contributed by atoms with Gasteiger partial charge < -0.3 is 10.2 Å².